The Morgan fingerprint density at radius 1 is 2.00 bits per heavy atom. The van der Waals surface area contributed by atoms with Gasteiger partial charge in [-0.2, -0.15) is 0 Å². The molecule has 0 radical (unpaired) electrons. The average Bonchev–Trinajstić information content (AvgIpc) is 1.27. The van der Waals surface area contributed by atoms with E-state index < -0.39 is 4.92 Å². The van der Waals surface area contributed by atoms with Crippen molar-refractivity contribution in [3.8, 4) is 0 Å². The van der Waals surface area contributed by atoms with Gasteiger partial charge in [-0.3, -0.25) is 10.1 Å². The second-order valence-electron chi connectivity index (χ2n) is 1.06. The summed E-state index contributed by atoms with van der Waals surface area (Å²) in [6, 6.07) is 0. The fourth-order valence-corrected chi connectivity index (χ4v) is 0.247. The first-order chi connectivity index (χ1) is 3.13. The van der Waals surface area contributed by atoms with E-state index >= 15 is 0 Å². The van der Waals surface area contributed by atoms with Gasteiger partial charge < -0.3 is 0 Å². The van der Waals surface area contributed by atoms with Crippen LogP contribution in [0.2, 0.25) is 0 Å². The summed E-state index contributed by atoms with van der Waals surface area (Å²) in [5.41, 5.74) is 0. The highest BCUT2D eigenvalue weighted by molar-refractivity contribution is 7.84. The van der Waals surface area contributed by atoms with Crippen LogP contribution in [0, 0.1) is 10.1 Å². The highest BCUT2D eigenvalue weighted by atomic mass is 32.1. The number of hydrogen-bond acceptors (Lipinski definition) is 3. The third-order valence-corrected chi connectivity index (χ3v) is 0.408. The predicted octanol–water partition coefficient (Wildman–Crippen LogP) is 1.05. The van der Waals surface area contributed by atoms with Gasteiger partial charge in [0.2, 0.25) is 6.20 Å². The Balaban J connectivity index is 3.68. The summed E-state index contributed by atoms with van der Waals surface area (Å²) in [5.74, 6) is 0. The van der Waals surface area contributed by atoms with Crippen LogP contribution in [-0.2, 0) is 0 Å². The summed E-state index contributed by atoms with van der Waals surface area (Å²) in [7, 11) is 0. The Hall–Kier alpha value is -0.510. The van der Waals surface area contributed by atoms with Gasteiger partial charge in [-0.15, -0.1) is 12.6 Å². The molecular formula is C3H5NO2S. The molecule has 0 atom stereocenters. The number of nitro groups is 1. The van der Waals surface area contributed by atoms with Crippen LogP contribution >= 0.6 is 12.6 Å². The standard InChI is InChI=1S/C3H5NO2S/c1-3(7)2-4(5)6/h2,7H,1H3/b3-2-. The quantitative estimate of drug-likeness (QED) is 0.318. The molecule has 0 bridgehead atoms. The maximum atomic E-state index is 9.49. The Morgan fingerprint density at radius 2 is 2.43 bits per heavy atom. The first-order valence-corrected chi connectivity index (χ1v) is 2.08. The van der Waals surface area contributed by atoms with Crippen molar-refractivity contribution in [3.63, 3.8) is 0 Å². The largest absolute Gasteiger partial charge is 0.259 e. The molecule has 0 N–H and O–H groups in total. The highest BCUT2D eigenvalue weighted by Gasteiger charge is 1.84. The fourth-order valence-electron chi connectivity index (χ4n) is 0.153. The SMILES string of the molecule is C/C(S)=C/[N+](=O)[O-]. The second kappa shape index (κ2) is 2.63. The van der Waals surface area contributed by atoms with Crippen molar-refractivity contribution in [2.45, 2.75) is 6.92 Å². The zero-order valence-electron chi connectivity index (χ0n) is 3.79. The van der Waals surface area contributed by atoms with Crippen molar-refractivity contribution in [1.29, 1.82) is 0 Å². The summed E-state index contributed by atoms with van der Waals surface area (Å²) < 4.78 is 0. The van der Waals surface area contributed by atoms with Crippen molar-refractivity contribution < 1.29 is 4.92 Å². The summed E-state index contributed by atoms with van der Waals surface area (Å²) in [6.07, 6.45) is 0.836. The molecule has 0 rings (SSSR count). The van der Waals surface area contributed by atoms with Crippen LogP contribution in [0.1, 0.15) is 6.92 Å². The summed E-state index contributed by atoms with van der Waals surface area (Å²) in [6.45, 7) is 1.55. The van der Waals surface area contributed by atoms with Crippen LogP contribution in [-0.4, -0.2) is 4.92 Å². The molecule has 0 fully saturated rings. The molecule has 0 aliphatic rings. The van der Waals surface area contributed by atoms with Crippen LogP contribution in [0.15, 0.2) is 11.1 Å². The molecule has 0 aromatic heterocycles. The smallest absolute Gasteiger partial charge is 0.243 e. The molecule has 0 aliphatic carbocycles. The maximum Gasteiger partial charge on any atom is 0.243 e. The molecule has 40 valence electrons. The van der Waals surface area contributed by atoms with E-state index in [4.69, 9.17) is 0 Å². The topological polar surface area (TPSA) is 43.1 Å². The molecule has 0 unspecified atom stereocenters. The molecule has 0 saturated heterocycles. The third-order valence-electron chi connectivity index (χ3n) is 0.292. The molecular weight excluding hydrogens is 114 g/mol. The third kappa shape index (κ3) is 5.49. The van der Waals surface area contributed by atoms with Gasteiger partial charge in [0.05, 0.1) is 4.92 Å². The number of hydrogen-bond donors (Lipinski definition) is 1. The fraction of sp³-hybridized carbons (Fsp3) is 0.333. The zero-order chi connectivity index (χ0) is 5.86. The number of rotatable bonds is 1. The Bertz CT molecular complexity index is 106. The van der Waals surface area contributed by atoms with Gasteiger partial charge in [0.1, 0.15) is 0 Å². The van der Waals surface area contributed by atoms with Crippen LogP contribution in [0.25, 0.3) is 0 Å². The van der Waals surface area contributed by atoms with Crippen molar-refractivity contribution in [3.05, 3.63) is 21.2 Å². The molecule has 7 heavy (non-hydrogen) atoms. The van der Waals surface area contributed by atoms with Gasteiger partial charge >= 0.3 is 0 Å². The van der Waals surface area contributed by atoms with E-state index in [0.29, 0.717) is 4.91 Å². The minimum atomic E-state index is -0.539. The monoisotopic (exact) mass is 119 g/mol. The van der Waals surface area contributed by atoms with E-state index in [1.54, 1.807) is 6.92 Å². The lowest BCUT2D eigenvalue weighted by Gasteiger charge is -1.77. The van der Waals surface area contributed by atoms with E-state index in [0.717, 1.165) is 6.20 Å². The maximum absolute atomic E-state index is 9.49. The molecule has 0 saturated carbocycles. The van der Waals surface area contributed by atoms with Crippen molar-refractivity contribution >= 4 is 12.6 Å². The lowest BCUT2D eigenvalue weighted by atomic mass is 10.7. The number of nitrogens with zero attached hydrogens (tertiary/aromatic N) is 1. The average molecular weight is 119 g/mol. The first kappa shape index (κ1) is 6.49. The Labute approximate surface area is 46.6 Å². The van der Waals surface area contributed by atoms with Gasteiger partial charge in [-0.25, -0.2) is 0 Å². The highest BCUT2D eigenvalue weighted by Crippen LogP contribution is 1.94. The molecule has 0 aromatic rings. The summed E-state index contributed by atoms with van der Waals surface area (Å²) in [5, 5.41) is 9.49. The lowest BCUT2D eigenvalue weighted by molar-refractivity contribution is -0.402. The van der Waals surface area contributed by atoms with E-state index in [2.05, 4.69) is 12.6 Å². The zero-order valence-corrected chi connectivity index (χ0v) is 4.68. The minimum Gasteiger partial charge on any atom is -0.259 e. The number of thiol groups is 1. The second-order valence-corrected chi connectivity index (χ2v) is 1.76. The molecule has 4 heteroatoms. The van der Waals surface area contributed by atoms with Crippen molar-refractivity contribution in [1.82, 2.24) is 0 Å². The molecule has 0 amide bonds. The van der Waals surface area contributed by atoms with E-state index in [-0.39, 0.29) is 0 Å². The van der Waals surface area contributed by atoms with Crippen LogP contribution in [0.4, 0.5) is 0 Å². The summed E-state index contributed by atoms with van der Waals surface area (Å²) in [4.78, 5) is 9.36. The van der Waals surface area contributed by atoms with Gasteiger partial charge in [-0.1, -0.05) is 0 Å². The Kier molecular flexibility index (Phi) is 2.44. The molecule has 0 spiro atoms. The molecule has 0 heterocycles. The molecule has 0 aromatic carbocycles. The van der Waals surface area contributed by atoms with Crippen LogP contribution in [0.5, 0.6) is 0 Å². The van der Waals surface area contributed by atoms with E-state index in [9.17, 15) is 10.1 Å². The van der Waals surface area contributed by atoms with Gasteiger partial charge in [-0.05, 0) is 6.92 Å². The summed E-state index contributed by atoms with van der Waals surface area (Å²) >= 11 is 3.66. The molecule has 3 nitrogen and oxygen atoms in total. The van der Waals surface area contributed by atoms with Crippen LogP contribution in [0.3, 0.4) is 0 Å². The normalized spacial score (nSPS) is 11.4. The van der Waals surface area contributed by atoms with Gasteiger partial charge in [0.15, 0.2) is 0 Å². The predicted molar refractivity (Wildman–Crippen MR) is 29.7 cm³/mol. The minimum absolute atomic E-state index is 0.407. The van der Waals surface area contributed by atoms with Crippen molar-refractivity contribution in [2.75, 3.05) is 0 Å². The first-order valence-electron chi connectivity index (χ1n) is 1.64. The van der Waals surface area contributed by atoms with Gasteiger partial charge in [0, 0.05) is 4.91 Å². The van der Waals surface area contributed by atoms with Gasteiger partial charge in [0.25, 0.3) is 0 Å². The van der Waals surface area contributed by atoms with E-state index in [1.807, 2.05) is 0 Å². The Morgan fingerprint density at radius 3 is 2.43 bits per heavy atom. The molecule has 0 aliphatic heterocycles. The van der Waals surface area contributed by atoms with E-state index in [1.165, 1.54) is 0 Å². The number of allylic oxidation sites excluding steroid dienone is 1. The van der Waals surface area contributed by atoms with Crippen LogP contribution < -0.4 is 0 Å². The lowest BCUT2D eigenvalue weighted by Crippen LogP contribution is -1.82. The van der Waals surface area contributed by atoms with Crippen molar-refractivity contribution in [2.24, 2.45) is 0 Å².